The predicted molar refractivity (Wildman–Crippen MR) is 111 cm³/mol. The van der Waals surface area contributed by atoms with E-state index in [0.29, 0.717) is 23.8 Å². The number of carboxylic acid groups (broad SMARTS) is 1. The van der Waals surface area contributed by atoms with Crippen molar-refractivity contribution in [3.05, 3.63) is 58.3 Å². The number of hydrogen-bond donors (Lipinski definition) is 2. The molecule has 2 atom stereocenters. The van der Waals surface area contributed by atoms with Crippen molar-refractivity contribution in [2.75, 3.05) is 5.75 Å². The largest absolute Gasteiger partial charge is 0.481 e. The zero-order valence-electron chi connectivity index (χ0n) is 15.7. The van der Waals surface area contributed by atoms with Crippen LogP contribution in [0.5, 0.6) is 0 Å². The molecule has 7 heteroatoms. The maximum absolute atomic E-state index is 12.5. The number of rotatable bonds is 10. The number of carboxylic acids is 1. The van der Waals surface area contributed by atoms with E-state index in [1.807, 2.05) is 18.2 Å². The van der Waals surface area contributed by atoms with Crippen LogP contribution in [0.15, 0.2) is 47.7 Å². The Morgan fingerprint density at radius 2 is 2.00 bits per heavy atom. The molecule has 2 unspecified atom stereocenters. The van der Waals surface area contributed by atoms with Gasteiger partial charge in [0.2, 0.25) is 10.0 Å². The van der Waals surface area contributed by atoms with Gasteiger partial charge >= 0.3 is 5.97 Å². The first-order chi connectivity index (χ1) is 13.3. The van der Waals surface area contributed by atoms with E-state index in [9.17, 15) is 13.2 Å². The molecule has 3 rings (SSSR count). The molecule has 0 aromatic heterocycles. The van der Waals surface area contributed by atoms with Crippen LogP contribution in [0.1, 0.15) is 44.1 Å². The SMILES string of the molecule is O=C(O)CCCC=CC1CC2CC(NS(=O)(=O)CCc3ccc(Cl)cc3)=C1C2. The summed E-state index contributed by atoms with van der Waals surface area (Å²) in [5.74, 6) is 0.0627. The second-order valence-corrected chi connectivity index (χ2v) is 9.91. The van der Waals surface area contributed by atoms with Crippen molar-refractivity contribution in [3.8, 4) is 0 Å². The molecule has 2 aliphatic carbocycles. The van der Waals surface area contributed by atoms with E-state index in [0.717, 1.165) is 36.9 Å². The number of halogens is 1. The van der Waals surface area contributed by atoms with Gasteiger partial charge in [-0.1, -0.05) is 35.9 Å². The highest BCUT2D eigenvalue weighted by Gasteiger charge is 2.37. The van der Waals surface area contributed by atoms with Gasteiger partial charge in [0.1, 0.15) is 0 Å². The molecule has 1 saturated carbocycles. The third kappa shape index (κ3) is 5.85. The summed E-state index contributed by atoms with van der Waals surface area (Å²) in [5.41, 5.74) is 3.02. The van der Waals surface area contributed by atoms with Gasteiger partial charge in [-0.15, -0.1) is 0 Å². The lowest BCUT2D eigenvalue weighted by atomic mass is 9.93. The van der Waals surface area contributed by atoms with Gasteiger partial charge in [-0.2, -0.15) is 0 Å². The molecular formula is C21H26ClNO4S. The van der Waals surface area contributed by atoms with E-state index in [1.165, 1.54) is 5.57 Å². The highest BCUT2D eigenvalue weighted by molar-refractivity contribution is 7.89. The zero-order chi connectivity index (χ0) is 20.1. The fourth-order valence-electron chi connectivity index (χ4n) is 4.04. The van der Waals surface area contributed by atoms with Crippen molar-refractivity contribution in [2.45, 2.75) is 44.9 Å². The molecule has 5 nitrogen and oxygen atoms in total. The first-order valence-corrected chi connectivity index (χ1v) is 11.7. The number of aryl methyl sites for hydroxylation is 1. The average molecular weight is 424 g/mol. The molecule has 2 N–H and O–H groups in total. The molecular weight excluding hydrogens is 398 g/mol. The molecule has 0 heterocycles. The van der Waals surface area contributed by atoms with Crippen LogP contribution in [0.4, 0.5) is 0 Å². The van der Waals surface area contributed by atoms with Crippen LogP contribution in [0.3, 0.4) is 0 Å². The fraction of sp³-hybridized carbons (Fsp3) is 0.476. The van der Waals surface area contributed by atoms with Gasteiger partial charge in [0.25, 0.3) is 0 Å². The maximum atomic E-state index is 12.5. The number of allylic oxidation sites excluding steroid dienone is 4. The van der Waals surface area contributed by atoms with E-state index in [1.54, 1.807) is 12.1 Å². The highest BCUT2D eigenvalue weighted by Crippen LogP contribution is 2.47. The molecule has 1 aromatic rings. The van der Waals surface area contributed by atoms with Crippen molar-refractivity contribution < 1.29 is 18.3 Å². The molecule has 1 fully saturated rings. The van der Waals surface area contributed by atoms with E-state index >= 15 is 0 Å². The lowest BCUT2D eigenvalue weighted by Gasteiger charge is -2.19. The van der Waals surface area contributed by atoms with Gasteiger partial charge in [-0.3, -0.25) is 9.52 Å². The van der Waals surface area contributed by atoms with Gasteiger partial charge in [0.15, 0.2) is 0 Å². The summed E-state index contributed by atoms with van der Waals surface area (Å²) in [6.45, 7) is 0. The average Bonchev–Trinajstić information content (AvgIpc) is 3.20. The molecule has 1 aromatic carbocycles. The van der Waals surface area contributed by atoms with Crippen LogP contribution >= 0.6 is 11.6 Å². The Bertz CT molecular complexity index is 874. The molecule has 152 valence electrons. The van der Waals surface area contributed by atoms with E-state index in [2.05, 4.69) is 10.8 Å². The second-order valence-electron chi connectivity index (χ2n) is 7.63. The van der Waals surface area contributed by atoms with Crippen LogP contribution in [-0.4, -0.2) is 25.2 Å². The molecule has 2 bridgehead atoms. The Morgan fingerprint density at radius 1 is 1.25 bits per heavy atom. The molecule has 0 spiro atoms. The summed E-state index contributed by atoms with van der Waals surface area (Å²) in [4.78, 5) is 10.6. The van der Waals surface area contributed by atoms with E-state index in [-0.39, 0.29) is 18.1 Å². The standard InChI is InChI=1S/C21H26ClNO4S/c22-18-8-6-15(7-9-18)10-11-28(26,27)23-20-14-16-12-17(19(20)13-16)4-2-1-3-5-21(24)25/h2,4,6-9,16-17,23H,1,3,5,10-14H2,(H,24,25). The molecule has 0 amide bonds. The summed E-state index contributed by atoms with van der Waals surface area (Å²) in [7, 11) is -3.39. The number of aliphatic carboxylic acids is 1. The summed E-state index contributed by atoms with van der Waals surface area (Å²) in [6, 6.07) is 7.24. The Labute approximate surface area is 171 Å². The van der Waals surface area contributed by atoms with Crippen LogP contribution in [0, 0.1) is 11.8 Å². The number of carbonyl (C=O) groups is 1. The Morgan fingerprint density at radius 3 is 2.68 bits per heavy atom. The summed E-state index contributed by atoms with van der Waals surface area (Å²) in [6.07, 6.45) is 8.98. The molecule has 0 saturated heterocycles. The third-order valence-electron chi connectivity index (χ3n) is 5.41. The summed E-state index contributed by atoms with van der Waals surface area (Å²) >= 11 is 5.86. The predicted octanol–water partition coefficient (Wildman–Crippen LogP) is 4.30. The normalized spacial score (nSPS) is 21.6. The Hall–Kier alpha value is -1.79. The minimum Gasteiger partial charge on any atom is -0.481 e. The number of nitrogens with one attached hydrogen (secondary N) is 1. The van der Waals surface area contributed by atoms with Gasteiger partial charge < -0.3 is 5.11 Å². The summed E-state index contributed by atoms with van der Waals surface area (Å²) in [5, 5.41) is 9.32. The third-order valence-corrected chi connectivity index (χ3v) is 6.96. The fourth-order valence-corrected chi connectivity index (χ4v) is 5.37. The zero-order valence-corrected chi connectivity index (χ0v) is 17.3. The second kappa shape index (κ2) is 9.14. The number of sulfonamides is 1. The minimum absolute atomic E-state index is 0.0474. The topological polar surface area (TPSA) is 83.5 Å². The van der Waals surface area contributed by atoms with Crippen molar-refractivity contribution in [1.29, 1.82) is 0 Å². The van der Waals surface area contributed by atoms with E-state index < -0.39 is 16.0 Å². The van der Waals surface area contributed by atoms with Crippen molar-refractivity contribution >= 4 is 27.6 Å². The molecule has 2 aliphatic rings. The molecule has 28 heavy (non-hydrogen) atoms. The van der Waals surface area contributed by atoms with Gasteiger partial charge in [-0.25, -0.2) is 8.42 Å². The van der Waals surface area contributed by atoms with Gasteiger partial charge in [0.05, 0.1) is 5.75 Å². The van der Waals surface area contributed by atoms with Crippen molar-refractivity contribution in [2.24, 2.45) is 11.8 Å². The Kier molecular flexibility index (Phi) is 6.83. The van der Waals surface area contributed by atoms with Gasteiger partial charge in [-0.05, 0) is 67.7 Å². The lowest BCUT2D eigenvalue weighted by Crippen LogP contribution is -2.28. The first kappa shape index (κ1) is 20.9. The number of fused-ring (bicyclic) bond motifs is 2. The van der Waals surface area contributed by atoms with Crippen molar-refractivity contribution in [1.82, 2.24) is 4.72 Å². The number of hydrogen-bond acceptors (Lipinski definition) is 3. The number of benzene rings is 1. The Balaban J connectivity index is 1.55. The lowest BCUT2D eigenvalue weighted by molar-refractivity contribution is -0.137. The summed E-state index contributed by atoms with van der Waals surface area (Å²) < 4.78 is 27.9. The quantitative estimate of drug-likeness (QED) is 0.434. The monoisotopic (exact) mass is 423 g/mol. The first-order valence-electron chi connectivity index (χ1n) is 9.68. The van der Waals surface area contributed by atoms with Crippen LogP contribution in [0.2, 0.25) is 5.02 Å². The smallest absolute Gasteiger partial charge is 0.303 e. The van der Waals surface area contributed by atoms with E-state index in [4.69, 9.17) is 16.7 Å². The maximum Gasteiger partial charge on any atom is 0.303 e. The molecule has 0 aliphatic heterocycles. The number of unbranched alkanes of at least 4 members (excludes halogenated alkanes) is 1. The van der Waals surface area contributed by atoms with Crippen LogP contribution in [-0.2, 0) is 21.2 Å². The van der Waals surface area contributed by atoms with Gasteiger partial charge in [0, 0.05) is 23.1 Å². The van der Waals surface area contributed by atoms with Crippen LogP contribution < -0.4 is 4.72 Å². The van der Waals surface area contributed by atoms with Crippen LogP contribution in [0.25, 0.3) is 0 Å². The highest BCUT2D eigenvalue weighted by atomic mass is 35.5. The minimum atomic E-state index is -3.39. The van der Waals surface area contributed by atoms with Crippen molar-refractivity contribution in [3.63, 3.8) is 0 Å². The molecule has 0 radical (unpaired) electrons.